The molecule has 0 aliphatic carbocycles. The number of alkyl halides is 3. The Morgan fingerprint density at radius 2 is 1.97 bits per heavy atom. The van der Waals surface area contributed by atoms with Gasteiger partial charge in [0, 0.05) is 11.6 Å². The highest BCUT2D eigenvalue weighted by atomic mass is 19.4. The number of amides is 1. The highest BCUT2D eigenvalue weighted by Gasteiger charge is 2.27. The number of halogens is 3. The van der Waals surface area contributed by atoms with Crippen LogP contribution >= 0.6 is 0 Å². The van der Waals surface area contributed by atoms with E-state index in [1.165, 1.54) is 18.5 Å². The summed E-state index contributed by atoms with van der Waals surface area (Å²) in [4.78, 5) is 12.2. The molecule has 0 spiro atoms. The van der Waals surface area contributed by atoms with Crippen molar-refractivity contribution in [1.29, 1.82) is 0 Å². The van der Waals surface area contributed by atoms with Crippen LogP contribution in [0.1, 0.15) is 16.7 Å². The number of hydrogen-bond acceptors (Lipinski definition) is 5. The molecule has 1 aromatic heterocycles. The number of hydrogen-bond donors (Lipinski definition) is 1. The molecule has 1 N–H and O–H groups in total. The number of ether oxygens (including phenoxy) is 3. The normalized spacial score (nSPS) is 11.6. The van der Waals surface area contributed by atoms with Crippen molar-refractivity contribution in [2.45, 2.75) is 26.4 Å². The van der Waals surface area contributed by atoms with Gasteiger partial charge in [0.2, 0.25) is 5.91 Å². The van der Waals surface area contributed by atoms with Crippen molar-refractivity contribution in [1.82, 2.24) is 9.78 Å². The van der Waals surface area contributed by atoms with Crippen molar-refractivity contribution < 1.29 is 32.2 Å². The van der Waals surface area contributed by atoms with Crippen LogP contribution in [-0.2, 0) is 22.9 Å². The first-order chi connectivity index (χ1) is 16.2. The largest absolute Gasteiger partial charge is 0.496 e. The van der Waals surface area contributed by atoms with Crippen LogP contribution in [0.25, 0.3) is 6.08 Å². The minimum absolute atomic E-state index is 0.289. The van der Waals surface area contributed by atoms with E-state index in [2.05, 4.69) is 15.2 Å². The Balaban J connectivity index is 1.58. The van der Waals surface area contributed by atoms with Crippen LogP contribution < -0.4 is 14.8 Å². The zero-order valence-corrected chi connectivity index (χ0v) is 18.6. The smallest absolute Gasteiger partial charge is 0.411 e. The molecule has 3 rings (SSSR count). The molecule has 0 aliphatic rings. The van der Waals surface area contributed by atoms with Crippen molar-refractivity contribution in [3.63, 3.8) is 0 Å². The first kappa shape index (κ1) is 24.8. The number of benzene rings is 2. The highest BCUT2D eigenvalue weighted by Crippen LogP contribution is 2.24. The number of carbonyl (C=O) groups is 1. The fraction of sp³-hybridized carbons (Fsp3) is 0.250. The topological polar surface area (TPSA) is 74.6 Å². The van der Waals surface area contributed by atoms with E-state index in [-0.39, 0.29) is 13.3 Å². The Kier molecular flexibility index (Phi) is 8.31. The number of methoxy groups -OCH3 is 1. The summed E-state index contributed by atoms with van der Waals surface area (Å²) in [7, 11) is 1.57. The molecule has 7 nitrogen and oxygen atoms in total. The SMILES string of the molecule is COc1ccc(/C=C/C(=O)Nc2cnn(COCC(F)(F)F)c2)cc1COc1ccccc1C. The minimum Gasteiger partial charge on any atom is -0.496 e. The molecule has 0 unspecified atom stereocenters. The van der Waals surface area contributed by atoms with E-state index in [1.807, 2.05) is 37.3 Å². The van der Waals surface area contributed by atoms with E-state index in [9.17, 15) is 18.0 Å². The number of carbonyl (C=O) groups excluding carboxylic acids is 1. The lowest BCUT2D eigenvalue weighted by molar-refractivity contribution is -0.182. The number of aryl methyl sites for hydroxylation is 1. The standard InChI is InChI=1S/C24H24F3N3O4/c1-17-5-3-4-6-21(17)34-14-19-11-18(7-9-22(19)32-2)8-10-23(31)29-20-12-28-30(13-20)16-33-15-24(25,26)27/h3-13H,14-16H2,1-2H3,(H,29,31)/b10-8+. The number of rotatable bonds is 10. The second kappa shape index (κ2) is 11.4. The third-order valence-corrected chi connectivity index (χ3v) is 4.60. The molecule has 0 saturated carbocycles. The van der Waals surface area contributed by atoms with Crippen molar-refractivity contribution >= 4 is 17.7 Å². The second-order valence-corrected chi connectivity index (χ2v) is 7.31. The van der Waals surface area contributed by atoms with Gasteiger partial charge < -0.3 is 19.5 Å². The average Bonchev–Trinajstić information content (AvgIpc) is 3.23. The molecule has 0 aliphatic heterocycles. The van der Waals surface area contributed by atoms with Crippen molar-refractivity contribution in [2.24, 2.45) is 0 Å². The Morgan fingerprint density at radius 1 is 1.18 bits per heavy atom. The van der Waals surface area contributed by atoms with Crippen molar-refractivity contribution in [2.75, 3.05) is 19.0 Å². The number of para-hydroxylation sites is 1. The molecular formula is C24H24F3N3O4. The van der Waals surface area contributed by atoms with Gasteiger partial charge in [-0.3, -0.25) is 4.79 Å². The zero-order chi connectivity index (χ0) is 24.6. The lowest BCUT2D eigenvalue weighted by atomic mass is 10.1. The van der Waals surface area contributed by atoms with Crippen molar-refractivity contribution in [3.8, 4) is 11.5 Å². The quantitative estimate of drug-likeness (QED) is 0.419. The number of anilines is 1. The summed E-state index contributed by atoms with van der Waals surface area (Å²) >= 11 is 0. The Bertz CT molecular complexity index is 1140. The Morgan fingerprint density at radius 3 is 2.71 bits per heavy atom. The third-order valence-electron chi connectivity index (χ3n) is 4.60. The molecule has 180 valence electrons. The summed E-state index contributed by atoms with van der Waals surface area (Å²) in [5, 5.41) is 6.44. The maximum Gasteiger partial charge on any atom is 0.411 e. The van der Waals surface area contributed by atoms with E-state index in [0.29, 0.717) is 11.4 Å². The molecule has 1 amide bonds. The van der Waals surface area contributed by atoms with Gasteiger partial charge in [0.25, 0.3) is 0 Å². The summed E-state index contributed by atoms with van der Waals surface area (Å²) in [5.41, 5.74) is 2.92. The zero-order valence-electron chi connectivity index (χ0n) is 18.6. The van der Waals surface area contributed by atoms with Gasteiger partial charge in [-0.15, -0.1) is 0 Å². The summed E-state index contributed by atoms with van der Waals surface area (Å²) in [6.07, 6.45) is 1.24. The second-order valence-electron chi connectivity index (χ2n) is 7.31. The fourth-order valence-corrected chi connectivity index (χ4v) is 3.00. The molecule has 2 aromatic carbocycles. The highest BCUT2D eigenvalue weighted by molar-refractivity contribution is 6.01. The average molecular weight is 475 g/mol. The summed E-state index contributed by atoms with van der Waals surface area (Å²) in [6, 6.07) is 13.1. The molecule has 0 saturated heterocycles. The van der Waals surface area contributed by atoms with Gasteiger partial charge in [0.05, 0.1) is 25.2 Å². The predicted molar refractivity (Wildman–Crippen MR) is 120 cm³/mol. The van der Waals surface area contributed by atoms with Crippen LogP contribution in [0, 0.1) is 6.92 Å². The molecule has 0 bridgehead atoms. The number of aromatic nitrogens is 2. The van der Waals surface area contributed by atoms with Crippen LogP contribution in [0.3, 0.4) is 0 Å². The van der Waals surface area contributed by atoms with Gasteiger partial charge >= 0.3 is 6.18 Å². The van der Waals surface area contributed by atoms with Gasteiger partial charge in [-0.25, -0.2) is 4.68 Å². The van der Waals surface area contributed by atoms with E-state index >= 15 is 0 Å². The van der Waals surface area contributed by atoms with Gasteiger partial charge in [0.1, 0.15) is 31.4 Å². The number of nitrogens with one attached hydrogen (secondary N) is 1. The summed E-state index contributed by atoms with van der Waals surface area (Å²) in [6.45, 7) is 0.489. The van der Waals surface area contributed by atoms with Gasteiger partial charge in [0.15, 0.2) is 0 Å². The van der Waals surface area contributed by atoms with E-state index in [0.717, 1.165) is 27.1 Å². The maximum absolute atomic E-state index is 12.2. The summed E-state index contributed by atoms with van der Waals surface area (Å²) < 4.78 is 53.4. The van der Waals surface area contributed by atoms with E-state index in [4.69, 9.17) is 9.47 Å². The van der Waals surface area contributed by atoms with E-state index in [1.54, 1.807) is 25.3 Å². The van der Waals surface area contributed by atoms with Crippen LogP contribution in [0.2, 0.25) is 0 Å². The van der Waals surface area contributed by atoms with Gasteiger partial charge in [-0.1, -0.05) is 24.3 Å². The lowest BCUT2D eigenvalue weighted by Gasteiger charge is -2.12. The maximum atomic E-state index is 12.2. The minimum atomic E-state index is -4.41. The van der Waals surface area contributed by atoms with Crippen molar-refractivity contribution in [3.05, 3.63) is 77.6 Å². The van der Waals surface area contributed by atoms with Gasteiger partial charge in [-0.2, -0.15) is 18.3 Å². The fourth-order valence-electron chi connectivity index (χ4n) is 3.00. The molecule has 1 heterocycles. The van der Waals surface area contributed by atoms with E-state index < -0.39 is 18.7 Å². The predicted octanol–water partition coefficient (Wildman–Crippen LogP) is 4.97. The molecule has 34 heavy (non-hydrogen) atoms. The monoisotopic (exact) mass is 475 g/mol. The third kappa shape index (κ3) is 7.66. The molecule has 0 radical (unpaired) electrons. The Hall–Kier alpha value is -3.79. The van der Waals surface area contributed by atoms with Gasteiger partial charge in [-0.05, 0) is 42.3 Å². The van der Waals surface area contributed by atoms with Crippen LogP contribution in [0.15, 0.2) is 60.9 Å². The van der Waals surface area contributed by atoms with Crippen LogP contribution in [-0.4, -0.2) is 35.6 Å². The Labute approximate surface area is 194 Å². The first-order valence-corrected chi connectivity index (χ1v) is 10.2. The summed E-state index contributed by atoms with van der Waals surface area (Å²) in [5.74, 6) is 1.01. The lowest BCUT2D eigenvalue weighted by Crippen LogP contribution is -2.18. The first-order valence-electron chi connectivity index (χ1n) is 10.2. The molecular weight excluding hydrogens is 451 g/mol. The van der Waals surface area contributed by atoms with Crippen LogP contribution in [0.4, 0.5) is 18.9 Å². The molecule has 10 heteroatoms. The molecule has 0 fully saturated rings. The molecule has 0 atom stereocenters. The van der Waals surface area contributed by atoms with Crippen LogP contribution in [0.5, 0.6) is 11.5 Å². The number of nitrogens with zero attached hydrogens (tertiary/aromatic N) is 2. The molecule has 3 aromatic rings.